The minimum Gasteiger partial charge on any atom is -0.496 e. The highest BCUT2D eigenvalue weighted by Crippen LogP contribution is 2.33. The molecule has 0 aliphatic carbocycles. The highest BCUT2D eigenvalue weighted by molar-refractivity contribution is 7.90. The Morgan fingerprint density at radius 3 is 2.30 bits per heavy atom. The molecule has 0 saturated heterocycles. The Labute approximate surface area is 133 Å². The lowest BCUT2D eigenvalue weighted by Gasteiger charge is -2.11. The zero-order chi connectivity index (χ0) is 16.6. The lowest BCUT2D eigenvalue weighted by atomic mass is 10.0. The average Bonchev–Trinajstić information content (AvgIpc) is 2.52. The smallest absolute Gasteiger partial charge is 0.248 e. The van der Waals surface area contributed by atoms with Crippen LogP contribution < -0.4 is 10.3 Å². The maximum atomic E-state index is 11.6. The molecular formula is C17H15NO4S. The summed E-state index contributed by atoms with van der Waals surface area (Å²) in [5, 5.41) is 0.868. The Bertz CT molecular complexity index is 1030. The van der Waals surface area contributed by atoms with Gasteiger partial charge in [0.05, 0.1) is 17.5 Å². The van der Waals surface area contributed by atoms with E-state index in [1.165, 1.54) is 12.3 Å². The molecule has 0 radical (unpaired) electrons. The van der Waals surface area contributed by atoms with E-state index in [-0.39, 0.29) is 10.5 Å². The highest BCUT2D eigenvalue weighted by Gasteiger charge is 2.11. The zero-order valence-electron chi connectivity index (χ0n) is 12.7. The Morgan fingerprint density at radius 1 is 1.00 bits per heavy atom. The number of hydrogen-bond donors (Lipinski definition) is 1. The molecule has 0 atom stereocenters. The summed E-state index contributed by atoms with van der Waals surface area (Å²) in [6, 6.07) is 13.5. The summed E-state index contributed by atoms with van der Waals surface area (Å²) in [5.41, 5.74) is 2.17. The van der Waals surface area contributed by atoms with Crippen LogP contribution in [0.2, 0.25) is 0 Å². The summed E-state index contributed by atoms with van der Waals surface area (Å²) in [4.78, 5) is 14.4. The molecule has 118 valence electrons. The molecule has 0 bridgehead atoms. The molecule has 2 aromatic carbocycles. The minimum absolute atomic E-state index is 0.176. The van der Waals surface area contributed by atoms with Crippen molar-refractivity contribution in [3.8, 4) is 16.9 Å². The second kappa shape index (κ2) is 5.55. The van der Waals surface area contributed by atoms with Crippen molar-refractivity contribution in [2.75, 3.05) is 13.4 Å². The Balaban J connectivity index is 2.18. The highest BCUT2D eigenvalue weighted by atomic mass is 32.2. The fourth-order valence-electron chi connectivity index (χ4n) is 2.46. The number of sulfone groups is 1. The van der Waals surface area contributed by atoms with Gasteiger partial charge in [0.15, 0.2) is 9.84 Å². The van der Waals surface area contributed by atoms with Gasteiger partial charge in [-0.05, 0) is 35.2 Å². The second-order valence-corrected chi connectivity index (χ2v) is 7.27. The molecular weight excluding hydrogens is 314 g/mol. The van der Waals surface area contributed by atoms with Gasteiger partial charge < -0.3 is 9.72 Å². The largest absolute Gasteiger partial charge is 0.496 e. The minimum atomic E-state index is -3.23. The summed E-state index contributed by atoms with van der Waals surface area (Å²) in [6.07, 6.45) is 1.18. The summed E-state index contributed by atoms with van der Waals surface area (Å²) in [5.74, 6) is 0.603. The van der Waals surface area contributed by atoms with Crippen LogP contribution in [0.1, 0.15) is 0 Å². The quantitative estimate of drug-likeness (QED) is 0.801. The summed E-state index contributed by atoms with van der Waals surface area (Å²) in [6.45, 7) is 0. The third-order valence-electron chi connectivity index (χ3n) is 3.64. The summed E-state index contributed by atoms with van der Waals surface area (Å²) < 4.78 is 28.5. The number of fused-ring (bicyclic) bond motifs is 1. The van der Waals surface area contributed by atoms with Crippen LogP contribution in [0.25, 0.3) is 22.0 Å². The number of rotatable bonds is 3. The summed E-state index contributed by atoms with van der Waals surface area (Å²) >= 11 is 0. The first-order valence-electron chi connectivity index (χ1n) is 6.90. The first-order valence-corrected chi connectivity index (χ1v) is 8.79. The fourth-order valence-corrected chi connectivity index (χ4v) is 3.09. The Hall–Kier alpha value is -2.60. The maximum Gasteiger partial charge on any atom is 0.248 e. The van der Waals surface area contributed by atoms with Gasteiger partial charge in [-0.2, -0.15) is 0 Å². The molecule has 5 nitrogen and oxygen atoms in total. The molecule has 1 aromatic heterocycles. The zero-order valence-corrected chi connectivity index (χ0v) is 13.5. The van der Waals surface area contributed by atoms with Gasteiger partial charge in [-0.3, -0.25) is 4.79 Å². The van der Waals surface area contributed by atoms with E-state index in [1.807, 2.05) is 6.07 Å². The van der Waals surface area contributed by atoms with Gasteiger partial charge in [0.2, 0.25) is 5.56 Å². The van der Waals surface area contributed by atoms with E-state index in [0.29, 0.717) is 11.3 Å². The van der Waals surface area contributed by atoms with E-state index in [4.69, 9.17) is 4.74 Å². The second-order valence-electron chi connectivity index (χ2n) is 5.26. The molecule has 0 amide bonds. The van der Waals surface area contributed by atoms with E-state index >= 15 is 0 Å². The number of benzene rings is 2. The number of nitrogens with one attached hydrogen (secondary N) is 1. The van der Waals surface area contributed by atoms with Crippen LogP contribution in [0.4, 0.5) is 0 Å². The number of aromatic amines is 1. The molecule has 23 heavy (non-hydrogen) atoms. The molecule has 0 spiro atoms. The number of methoxy groups -OCH3 is 1. The van der Waals surface area contributed by atoms with E-state index in [1.54, 1.807) is 43.5 Å². The van der Waals surface area contributed by atoms with Gasteiger partial charge in [0.25, 0.3) is 0 Å². The number of pyridine rings is 1. The van der Waals surface area contributed by atoms with Crippen LogP contribution in [-0.2, 0) is 9.84 Å². The van der Waals surface area contributed by atoms with Crippen LogP contribution in [0, 0.1) is 0 Å². The normalized spacial score (nSPS) is 11.6. The third-order valence-corrected chi connectivity index (χ3v) is 4.77. The number of H-pyrrole nitrogens is 1. The maximum absolute atomic E-state index is 11.6. The molecule has 3 rings (SSSR count). The SMILES string of the molecule is COc1cc2[nH]c(=O)ccc2cc1-c1ccc(S(C)(=O)=O)cc1. The van der Waals surface area contributed by atoms with Crippen molar-refractivity contribution in [2.24, 2.45) is 0 Å². The van der Waals surface area contributed by atoms with E-state index in [9.17, 15) is 13.2 Å². The van der Waals surface area contributed by atoms with Crippen LogP contribution in [-0.4, -0.2) is 26.8 Å². The van der Waals surface area contributed by atoms with Gasteiger partial charge in [-0.1, -0.05) is 12.1 Å². The molecule has 0 fully saturated rings. The van der Waals surface area contributed by atoms with E-state index in [2.05, 4.69) is 4.98 Å². The molecule has 0 unspecified atom stereocenters. The Kier molecular flexibility index (Phi) is 3.69. The fraction of sp³-hybridized carbons (Fsp3) is 0.118. The number of hydrogen-bond acceptors (Lipinski definition) is 4. The third kappa shape index (κ3) is 2.98. The van der Waals surface area contributed by atoms with Crippen molar-refractivity contribution in [1.82, 2.24) is 4.98 Å². The van der Waals surface area contributed by atoms with Crippen LogP contribution in [0.15, 0.2) is 58.2 Å². The lowest BCUT2D eigenvalue weighted by molar-refractivity contribution is 0.417. The molecule has 1 N–H and O–H groups in total. The topological polar surface area (TPSA) is 76.2 Å². The average molecular weight is 329 g/mol. The van der Waals surface area contributed by atoms with Crippen LogP contribution in [0.3, 0.4) is 0 Å². The molecule has 1 heterocycles. The standard InChI is InChI=1S/C17H15NO4S/c1-22-16-10-15-12(5-8-17(19)18-15)9-14(16)11-3-6-13(7-4-11)23(2,20)21/h3-10H,1-2H3,(H,18,19). The van der Waals surface area contributed by atoms with Gasteiger partial charge in [-0.25, -0.2) is 8.42 Å². The van der Waals surface area contributed by atoms with Gasteiger partial charge in [-0.15, -0.1) is 0 Å². The molecule has 0 saturated carbocycles. The van der Waals surface area contributed by atoms with Crippen molar-refractivity contribution in [3.63, 3.8) is 0 Å². The predicted molar refractivity (Wildman–Crippen MR) is 89.7 cm³/mol. The summed E-state index contributed by atoms with van der Waals surface area (Å²) in [7, 11) is -1.68. The Morgan fingerprint density at radius 2 is 1.70 bits per heavy atom. The van der Waals surface area contributed by atoms with Crippen molar-refractivity contribution >= 4 is 20.7 Å². The first-order chi connectivity index (χ1) is 10.9. The van der Waals surface area contributed by atoms with Crippen molar-refractivity contribution in [3.05, 3.63) is 58.9 Å². The molecule has 6 heteroatoms. The van der Waals surface area contributed by atoms with Crippen molar-refractivity contribution < 1.29 is 13.2 Å². The van der Waals surface area contributed by atoms with Crippen LogP contribution >= 0.6 is 0 Å². The molecule has 0 aliphatic rings. The van der Waals surface area contributed by atoms with Crippen molar-refractivity contribution in [1.29, 1.82) is 0 Å². The molecule has 0 aliphatic heterocycles. The van der Waals surface area contributed by atoms with Crippen molar-refractivity contribution in [2.45, 2.75) is 4.90 Å². The van der Waals surface area contributed by atoms with Gasteiger partial charge in [0, 0.05) is 24.0 Å². The van der Waals surface area contributed by atoms with E-state index < -0.39 is 9.84 Å². The predicted octanol–water partition coefficient (Wildman–Crippen LogP) is 2.61. The lowest BCUT2D eigenvalue weighted by Crippen LogP contribution is -2.02. The van der Waals surface area contributed by atoms with Gasteiger partial charge >= 0.3 is 0 Å². The number of aromatic nitrogens is 1. The van der Waals surface area contributed by atoms with E-state index in [0.717, 1.165) is 16.5 Å². The molecule has 3 aromatic rings. The van der Waals surface area contributed by atoms with Gasteiger partial charge in [0.1, 0.15) is 5.75 Å². The monoisotopic (exact) mass is 329 g/mol. The first kappa shape index (κ1) is 15.3. The number of ether oxygens (including phenoxy) is 1. The van der Waals surface area contributed by atoms with Crippen LogP contribution in [0.5, 0.6) is 5.75 Å².